The van der Waals surface area contributed by atoms with E-state index < -0.39 is 0 Å². The van der Waals surface area contributed by atoms with Crippen molar-refractivity contribution in [1.82, 2.24) is 24.5 Å². The summed E-state index contributed by atoms with van der Waals surface area (Å²) in [5.41, 5.74) is 4.95. The smallest absolute Gasteiger partial charge is 0.138 e. The Morgan fingerprint density at radius 3 is 2.64 bits per heavy atom. The molecule has 0 aromatic carbocycles. The molecule has 3 aliphatic heterocycles. The van der Waals surface area contributed by atoms with Crippen molar-refractivity contribution in [3.05, 3.63) is 71.9 Å². The number of hydrogen-bond donors (Lipinski definition) is 0. The Bertz CT molecular complexity index is 1480. The van der Waals surface area contributed by atoms with E-state index in [4.69, 9.17) is 16.1 Å². The molecule has 3 saturated heterocycles. The van der Waals surface area contributed by atoms with E-state index >= 15 is 0 Å². The van der Waals surface area contributed by atoms with Gasteiger partial charge in [0.05, 0.1) is 30.1 Å². The van der Waals surface area contributed by atoms with Crippen LogP contribution in [0.4, 0.5) is 5.82 Å². The van der Waals surface area contributed by atoms with Crippen LogP contribution in [0.1, 0.15) is 30.2 Å². The lowest BCUT2D eigenvalue weighted by atomic mass is 9.87. The highest BCUT2D eigenvalue weighted by Gasteiger charge is 2.44. The largest absolute Gasteiger partial charge is 0.492 e. The minimum absolute atomic E-state index is 0.505. The lowest BCUT2D eigenvalue weighted by Gasteiger charge is -2.56. The number of piperazine rings is 1. The molecule has 178 valence electrons. The molecule has 7 rings (SSSR count). The summed E-state index contributed by atoms with van der Waals surface area (Å²) in [7, 11) is 0. The molecule has 0 saturated carbocycles. The summed E-state index contributed by atoms with van der Waals surface area (Å²) in [4.78, 5) is 14.1. The Hall–Kier alpha value is -4.40. The molecule has 4 aromatic rings. The molecule has 0 aliphatic carbocycles. The maximum absolute atomic E-state index is 9.58. The molecule has 3 fully saturated rings. The number of rotatable bonds is 6. The highest BCUT2D eigenvalue weighted by molar-refractivity contribution is 5.85. The molecule has 2 unspecified atom stereocenters. The van der Waals surface area contributed by atoms with Gasteiger partial charge in [-0.1, -0.05) is 12.0 Å². The van der Waals surface area contributed by atoms with Gasteiger partial charge in [-0.3, -0.25) is 4.90 Å². The van der Waals surface area contributed by atoms with Gasteiger partial charge in [-0.2, -0.15) is 10.4 Å². The third-order valence-corrected chi connectivity index (χ3v) is 7.08. The van der Waals surface area contributed by atoms with Crippen molar-refractivity contribution in [3.63, 3.8) is 0 Å². The van der Waals surface area contributed by atoms with E-state index in [2.05, 4.69) is 50.1 Å². The van der Waals surface area contributed by atoms with Gasteiger partial charge in [-0.15, -0.1) is 6.42 Å². The maximum Gasteiger partial charge on any atom is 0.138 e. The molecule has 2 bridgehead atoms. The van der Waals surface area contributed by atoms with Crippen LogP contribution in [-0.2, 0) is 6.54 Å². The summed E-state index contributed by atoms with van der Waals surface area (Å²) in [5, 5.41) is 13.9. The number of aromatic nitrogens is 4. The van der Waals surface area contributed by atoms with Crippen LogP contribution >= 0.6 is 0 Å². The average Bonchev–Trinajstić information content (AvgIpc) is 3.35. The molecule has 0 spiro atoms. The van der Waals surface area contributed by atoms with Crippen LogP contribution in [-0.4, -0.2) is 56.3 Å². The predicted octanol–water partition coefficient (Wildman–Crippen LogP) is 3.51. The zero-order valence-corrected chi connectivity index (χ0v) is 20.0. The first-order valence-corrected chi connectivity index (χ1v) is 12.1. The fourth-order valence-corrected chi connectivity index (χ4v) is 5.32. The third-order valence-electron chi connectivity index (χ3n) is 7.08. The van der Waals surface area contributed by atoms with Gasteiger partial charge < -0.3 is 9.64 Å². The van der Waals surface area contributed by atoms with Crippen LogP contribution in [0, 0.1) is 23.7 Å². The van der Waals surface area contributed by atoms with Gasteiger partial charge in [0.25, 0.3) is 0 Å². The minimum Gasteiger partial charge on any atom is -0.492 e. The van der Waals surface area contributed by atoms with E-state index in [0.29, 0.717) is 35.7 Å². The summed E-state index contributed by atoms with van der Waals surface area (Å²) in [6.45, 7) is 5.29. The second kappa shape index (κ2) is 8.99. The average molecular weight is 476 g/mol. The summed E-state index contributed by atoms with van der Waals surface area (Å²) in [5.74, 6) is 4.25. The molecule has 36 heavy (non-hydrogen) atoms. The lowest BCUT2D eigenvalue weighted by Crippen LogP contribution is -2.68. The zero-order valence-electron chi connectivity index (χ0n) is 20.0. The first kappa shape index (κ1) is 22.1. The molecular formula is C28H25N7O. The molecule has 2 atom stereocenters. The second-order valence-electron chi connectivity index (χ2n) is 9.21. The fraction of sp³-hybridized carbons (Fsp3) is 0.286. The van der Waals surface area contributed by atoms with Gasteiger partial charge in [0.2, 0.25) is 0 Å². The van der Waals surface area contributed by atoms with Crippen LogP contribution in [0.25, 0.3) is 16.6 Å². The Morgan fingerprint density at radius 2 is 1.97 bits per heavy atom. The highest BCUT2D eigenvalue weighted by atomic mass is 16.5. The van der Waals surface area contributed by atoms with Crippen molar-refractivity contribution in [2.45, 2.75) is 32.0 Å². The standard InChI is InChI=1S/C28H25N7O/c1-3-22-7-5-19(12-30-22)15-34-23-9-24(34)17-33(16-23)27-8-6-20(13-31-27)26-10-25(36-4-2)18-35-28(26)21(11-29)14-32-35/h1,5-8,10,12-14,18,23-24H,4,9,15-17H2,2H3. The number of nitriles is 1. The van der Waals surface area contributed by atoms with Crippen molar-refractivity contribution < 1.29 is 4.74 Å². The van der Waals surface area contributed by atoms with Gasteiger partial charge in [0, 0.05) is 55.2 Å². The normalized spacial score (nSPS) is 18.9. The van der Waals surface area contributed by atoms with E-state index in [1.165, 1.54) is 12.0 Å². The first-order chi connectivity index (χ1) is 17.7. The molecule has 8 heteroatoms. The number of hydrogen-bond acceptors (Lipinski definition) is 7. The third kappa shape index (κ3) is 3.82. The second-order valence-corrected chi connectivity index (χ2v) is 9.21. The van der Waals surface area contributed by atoms with Crippen LogP contribution in [0.3, 0.4) is 0 Å². The SMILES string of the molecule is C#Cc1ccc(CN2C3CC2CN(c2ccc(-c4cc(OCC)cn5ncc(C#N)c45)cn2)C3)cn1. The van der Waals surface area contributed by atoms with E-state index in [1.54, 1.807) is 16.9 Å². The molecule has 7 heterocycles. The lowest BCUT2D eigenvalue weighted by molar-refractivity contribution is -0.00875. The van der Waals surface area contributed by atoms with Crippen molar-refractivity contribution in [3.8, 4) is 35.3 Å². The van der Waals surface area contributed by atoms with E-state index in [-0.39, 0.29) is 0 Å². The van der Waals surface area contributed by atoms with Gasteiger partial charge in [-0.05, 0) is 43.2 Å². The van der Waals surface area contributed by atoms with Crippen molar-refractivity contribution >= 4 is 11.3 Å². The summed E-state index contributed by atoms with van der Waals surface area (Å²) in [6, 6.07) is 13.3. The topological polar surface area (TPSA) is 82.6 Å². The molecule has 0 amide bonds. The van der Waals surface area contributed by atoms with E-state index in [9.17, 15) is 5.26 Å². The van der Waals surface area contributed by atoms with Gasteiger partial charge >= 0.3 is 0 Å². The van der Waals surface area contributed by atoms with Crippen LogP contribution in [0.2, 0.25) is 0 Å². The van der Waals surface area contributed by atoms with Crippen molar-refractivity contribution in [1.29, 1.82) is 5.26 Å². The summed E-state index contributed by atoms with van der Waals surface area (Å²) < 4.78 is 7.43. The van der Waals surface area contributed by atoms with Crippen LogP contribution in [0.5, 0.6) is 5.75 Å². The summed E-state index contributed by atoms with van der Waals surface area (Å²) >= 11 is 0. The van der Waals surface area contributed by atoms with Gasteiger partial charge in [-0.25, -0.2) is 14.5 Å². The van der Waals surface area contributed by atoms with E-state index in [1.807, 2.05) is 31.5 Å². The van der Waals surface area contributed by atoms with Crippen molar-refractivity contribution in [2.24, 2.45) is 0 Å². The van der Waals surface area contributed by atoms with E-state index in [0.717, 1.165) is 42.1 Å². The Balaban J connectivity index is 1.20. The fourth-order valence-electron chi connectivity index (χ4n) is 5.32. The number of anilines is 1. The number of fused-ring (bicyclic) bond motifs is 3. The Morgan fingerprint density at radius 1 is 1.11 bits per heavy atom. The minimum atomic E-state index is 0.505. The quantitative estimate of drug-likeness (QED) is 0.395. The number of nitrogens with zero attached hydrogens (tertiary/aromatic N) is 7. The molecule has 4 aromatic heterocycles. The van der Waals surface area contributed by atoms with Crippen LogP contribution < -0.4 is 9.64 Å². The molecule has 0 radical (unpaired) electrons. The molecule has 0 N–H and O–H groups in total. The first-order valence-electron chi connectivity index (χ1n) is 12.1. The van der Waals surface area contributed by atoms with Gasteiger partial charge in [0.1, 0.15) is 23.3 Å². The summed E-state index contributed by atoms with van der Waals surface area (Å²) in [6.07, 6.45) is 13.8. The molecular weight excluding hydrogens is 450 g/mol. The van der Waals surface area contributed by atoms with Crippen LogP contribution in [0.15, 0.2) is 55.1 Å². The zero-order chi connectivity index (χ0) is 24.6. The number of pyridine rings is 3. The number of ether oxygens (including phenoxy) is 1. The maximum atomic E-state index is 9.58. The Labute approximate surface area is 209 Å². The predicted molar refractivity (Wildman–Crippen MR) is 136 cm³/mol. The molecule has 3 aliphatic rings. The highest BCUT2D eigenvalue weighted by Crippen LogP contribution is 2.36. The molecule has 8 nitrogen and oxygen atoms in total. The monoisotopic (exact) mass is 475 g/mol. The van der Waals surface area contributed by atoms with Gasteiger partial charge in [0.15, 0.2) is 0 Å². The van der Waals surface area contributed by atoms with Crippen molar-refractivity contribution in [2.75, 3.05) is 24.6 Å². The number of terminal acetylenes is 1. The Kier molecular flexibility index (Phi) is 5.52. The number of piperidine rings is 1.